The number of aliphatic hydroxyl groups is 1. The molecule has 2 nitrogen and oxygen atoms in total. The summed E-state index contributed by atoms with van der Waals surface area (Å²) in [7, 11) is 2.27. The molecule has 2 rings (SSSR count). The number of hydrogen-bond donors (Lipinski definition) is 1. The van der Waals surface area contributed by atoms with Crippen LogP contribution in [0.1, 0.15) is 58.8 Å². The molecule has 2 atom stereocenters. The molecule has 0 radical (unpaired) electrons. The summed E-state index contributed by atoms with van der Waals surface area (Å²) < 4.78 is 0. The average Bonchev–Trinajstić information content (AvgIpc) is 2.70. The van der Waals surface area contributed by atoms with Gasteiger partial charge in [0.25, 0.3) is 0 Å². The van der Waals surface area contributed by atoms with Crippen LogP contribution in [0.4, 0.5) is 0 Å². The zero-order valence-corrected chi connectivity index (χ0v) is 11.8. The molecule has 100 valence electrons. The molecule has 17 heavy (non-hydrogen) atoms. The zero-order valence-electron chi connectivity index (χ0n) is 11.8. The summed E-state index contributed by atoms with van der Waals surface area (Å²) in [5.74, 6) is 0.720. The Morgan fingerprint density at radius 3 is 2.47 bits per heavy atom. The van der Waals surface area contributed by atoms with Crippen LogP contribution in [0.2, 0.25) is 0 Å². The molecule has 2 fully saturated rings. The third kappa shape index (κ3) is 2.85. The lowest BCUT2D eigenvalue weighted by atomic mass is 9.67. The Hall–Kier alpha value is -0.0800. The molecule has 2 unspecified atom stereocenters. The van der Waals surface area contributed by atoms with Gasteiger partial charge in [-0.1, -0.05) is 26.7 Å². The van der Waals surface area contributed by atoms with Crippen LogP contribution in [-0.2, 0) is 0 Å². The van der Waals surface area contributed by atoms with Crippen molar-refractivity contribution in [1.29, 1.82) is 0 Å². The second kappa shape index (κ2) is 5.27. The molecule has 0 saturated heterocycles. The van der Waals surface area contributed by atoms with Crippen LogP contribution in [0.3, 0.4) is 0 Å². The van der Waals surface area contributed by atoms with Crippen molar-refractivity contribution in [2.24, 2.45) is 11.3 Å². The second-order valence-electron chi connectivity index (χ2n) is 6.85. The molecule has 2 aliphatic rings. The van der Waals surface area contributed by atoms with Crippen molar-refractivity contribution in [3.63, 3.8) is 0 Å². The van der Waals surface area contributed by atoms with Gasteiger partial charge >= 0.3 is 0 Å². The first-order valence-electron chi connectivity index (χ1n) is 7.42. The van der Waals surface area contributed by atoms with Crippen LogP contribution in [0, 0.1) is 11.3 Å². The topological polar surface area (TPSA) is 23.5 Å². The first kappa shape index (κ1) is 13.4. The first-order valence-corrected chi connectivity index (χ1v) is 7.42. The van der Waals surface area contributed by atoms with E-state index in [0.717, 1.165) is 18.8 Å². The fraction of sp³-hybridized carbons (Fsp3) is 1.00. The van der Waals surface area contributed by atoms with Crippen molar-refractivity contribution in [3.05, 3.63) is 0 Å². The van der Waals surface area contributed by atoms with Gasteiger partial charge in [0.05, 0.1) is 6.10 Å². The summed E-state index contributed by atoms with van der Waals surface area (Å²) >= 11 is 0. The normalized spacial score (nSPS) is 32.8. The van der Waals surface area contributed by atoms with Gasteiger partial charge in [-0.15, -0.1) is 0 Å². The maximum absolute atomic E-state index is 9.98. The van der Waals surface area contributed by atoms with Crippen molar-refractivity contribution in [3.8, 4) is 0 Å². The Morgan fingerprint density at radius 2 is 1.88 bits per heavy atom. The highest BCUT2D eigenvalue weighted by molar-refractivity contribution is 4.99. The third-order valence-corrected chi connectivity index (χ3v) is 4.96. The van der Waals surface area contributed by atoms with E-state index >= 15 is 0 Å². The largest absolute Gasteiger partial charge is 0.393 e. The van der Waals surface area contributed by atoms with E-state index in [2.05, 4.69) is 25.8 Å². The third-order valence-electron chi connectivity index (χ3n) is 4.96. The fourth-order valence-corrected chi connectivity index (χ4v) is 4.26. The molecular formula is C15H29NO. The van der Waals surface area contributed by atoms with Crippen LogP contribution in [0.15, 0.2) is 0 Å². The summed E-state index contributed by atoms with van der Waals surface area (Å²) in [6.07, 6.45) is 8.83. The molecule has 0 aromatic carbocycles. The van der Waals surface area contributed by atoms with Crippen LogP contribution in [0.25, 0.3) is 0 Å². The molecule has 1 spiro atoms. The lowest BCUT2D eigenvalue weighted by molar-refractivity contribution is -0.0200. The molecule has 2 saturated carbocycles. The molecule has 0 aromatic heterocycles. The van der Waals surface area contributed by atoms with Gasteiger partial charge in [0.2, 0.25) is 0 Å². The highest BCUT2D eigenvalue weighted by Gasteiger charge is 2.46. The lowest BCUT2D eigenvalue weighted by Gasteiger charge is -2.48. The fourth-order valence-electron chi connectivity index (χ4n) is 4.26. The summed E-state index contributed by atoms with van der Waals surface area (Å²) in [6, 6.07) is 0.621. The Kier molecular flexibility index (Phi) is 4.14. The predicted molar refractivity (Wildman–Crippen MR) is 72.0 cm³/mol. The summed E-state index contributed by atoms with van der Waals surface area (Å²) in [5.41, 5.74) is 0.545. The molecule has 2 heteroatoms. The van der Waals surface area contributed by atoms with Crippen LogP contribution >= 0.6 is 0 Å². The van der Waals surface area contributed by atoms with E-state index in [1.165, 1.54) is 38.6 Å². The van der Waals surface area contributed by atoms with Gasteiger partial charge in [-0.25, -0.2) is 0 Å². The van der Waals surface area contributed by atoms with Gasteiger partial charge in [-0.05, 0) is 50.5 Å². The maximum Gasteiger partial charge on any atom is 0.0555 e. The summed E-state index contributed by atoms with van der Waals surface area (Å²) in [4.78, 5) is 2.54. The van der Waals surface area contributed by atoms with E-state index in [1.54, 1.807) is 0 Å². The molecule has 2 aliphatic carbocycles. The van der Waals surface area contributed by atoms with E-state index in [1.807, 2.05) is 0 Å². The van der Waals surface area contributed by atoms with Gasteiger partial charge in [0.1, 0.15) is 0 Å². The minimum Gasteiger partial charge on any atom is -0.393 e. The predicted octanol–water partition coefficient (Wildman–Crippen LogP) is 3.05. The van der Waals surface area contributed by atoms with E-state index in [-0.39, 0.29) is 6.10 Å². The molecule has 1 N–H and O–H groups in total. The van der Waals surface area contributed by atoms with Crippen molar-refractivity contribution in [1.82, 2.24) is 4.90 Å². The number of nitrogens with zero attached hydrogens (tertiary/aromatic N) is 1. The van der Waals surface area contributed by atoms with Gasteiger partial charge in [-0.2, -0.15) is 0 Å². The van der Waals surface area contributed by atoms with Gasteiger partial charge in [0, 0.05) is 12.6 Å². The summed E-state index contributed by atoms with van der Waals surface area (Å²) in [5, 5.41) is 9.98. The van der Waals surface area contributed by atoms with Gasteiger partial charge in [0.15, 0.2) is 0 Å². The molecule has 0 heterocycles. The van der Waals surface area contributed by atoms with E-state index in [9.17, 15) is 5.11 Å². The minimum absolute atomic E-state index is 0.0548. The zero-order chi connectivity index (χ0) is 12.5. The lowest BCUT2D eigenvalue weighted by Crippen LogP contribution is -2.51. The van der Waals surface area contributed by atoms with Crippen LogP contribution < -0.4 is 0 Å². The molecule has 0 aromatic rings. The molecule has 0 aliphatic heterocycles. The van der Waals surface area contributed by atoms with E-state index < -0.39 is 0 Å². The van der Waals surface area contributed by atoms with E-state index in [0.29, 0.717) is 11.5 Å². The second-order valence-corrected chi connectivity index (χ2v) is 6.85. The standard InChI is InChI=1S/C15H29NO/c1-12(2)11-16(3)14-10-13(17)6-9-15(14)7-4-5-8-15/h12-14,17H,4-11H2,1-3H3. The Morgan fingerprint density at radius 1 is 1.24 bits per heavy atom. The molecule has 0 amide bonds. The van der Waals surface area contributed by atoms with Crippen molar-refractivity contribution < 1.29 is 5.11 Å². The first-order chi connectivity index (χ1) is 8.03. The smallest absolute Gasteiger partial charge is 0.0555 e. The highest BCUT2D eigenvalue weighted by atomic mass is 16.3. The van der Waals surface area contributed by atoms with Gasteiger partial charge in [-0.3, -0.25) is 0 Å². The quantitative estimate of drug-likeness (QED) is 0.818. The van der Waals surface area contributed by atoms with Crippen LogP contribution in [0.5, 0.6) is 0 Å². The monoisotopic (exact) mass is 239 g/mol. The Bertz CT molecular complexity index is 245. The highest BCUT2D eigenvalue weighted by Crippen LogP contribution is 2.50. The summed E-state index contributed by atoms with van der Waals surface area (Å²) in [6.45, 7) is 5.74. The molecular weight excluding hydrogens is 210 g/mol. The molecule has 0 bridgehead atoms. The van der Waals surface area contributed by atoms with Crippen molar-refractivity contribution in [2.45, 2.75) is 70.9 Å². The Balaban J connectivity index is 2.08. The number of hydrogen-bond acceptors (Lipinski definition) is 2. The van der Waals surface area contributed by atoms with Crippen molar-refractivity contribution in [2.75, 3.05) is 13.6 Å². The Labute approximate surface area is 106 Å². The maximum atomic E-state index is 9.98. The van der Waals surface area contributed by atoms with Crippen molar-refractivity contribution >= 4 is 0 Å². The number of rotatable bonds is 3. The minimum atomic E-state index is -0.0548. The SMILES string of the molecule is CC(C)CN(C)C1CC(O)CCC12CCCC2. The van der Waals surface area contributed by atoms with Gasteiger partial charge < -0.3 is 10.0 Å². The number of aliphatic hydroxyl groups excluding tert-OH is 1. The van der Waals surface area contributed by atoms with Crippen LogP contribution in [-0.4, -0.2) is 35.7 Å². The average molecular weight is 239 g/mol. The van der Waals surface area contributed by atoms with E-state index in [4.69, 9.17) is 0 Å².